The summed E-state index contributed by atoms with van der Waals surface area (Å²) in [6.07, 6.45) is 11.8. The molecule has 1 aliphatic heterocycles. The van der Waals surface area contributed by atoms with E-state index in [0.717, 1.165) is 23.7 Å². The van der Waals surface area contributed by atoms with E-state index in [-0.39, 0.29) is 0 Å². The molecule has 1 N–H and O–H groups in total. The van der Waals surface area contributed by atoms with Crippen LogP contribution in [-0.4, -0.2) is 21.3 Å². The van der Waals surface area contributed by atoms with Crippen LogP contribution in [0.2, 0.25) is 0 Å². The van der Waals surface area contributed by atoms with Crippen LogP contribution in [0, 0.1) is 5.92 Å². The molecule has 4 rings (SSSR count). The van der Waals surface area contributed by atoms with Gasteiger partial charge in [-0.15, -0.1) is 0 Å². The van der Waals surface area contributed by atoms with E-state index >= 15 is 0 Å². The second kappa shape index (κ2) is 5.51. The van der Waals surface area contributed by atoms with Crippen LogP contribution in [0.4, 0.5) is 5.82 Å². The molecule has 2 aromatic rings. The topological polar surface area (TPSA) is 42.7 Å². The van der Waals surface area contributed by atoms with Crippen LogP contribution >= 0.6 is 0 Å². The Morgan fingerprint density at radius 2 is 2.05 bits per heavy atom. The third-order valence-corrected chi connectivity index (χ3v) is 4.95. The van der Waals surface area contributed by atoms with E-state index in [1.165, 1.54) is 44.3 Å². The van der Waals surface area contributed by atoms with Gasteiger partial charge in [-0.05, 0) is 37.3 Å². The number of hydrogen-bond acceptors (Lipinski definition) is 3. The molecule has 0 amide bonds. The van der Waals surface area contributed by atoms with Crippen molar-refractivity contribution < 1.29 is 0 Å². The molecule has 2 aliphatic rings. The summed E-state index contributed by atoms with van der Waals surface area (Å²) < 4.78 is 2.25. The number of aromatic nitrogens is 3. The first-order chi connectivity index (χ1) is 10.4. The molecule has 110 valence electrons. The van der Waals surface area contributed by atoms with Gasteiger partial charge in [0.05, 0.1) is 11.7 Å². The predicted octanol–water partition coefficient (Wildman–Crippen LogP) is 3.88. The Morgan fingerprint density at radius 3 is 2.86 bits per heavy atom. The first-order valence-electron chi connectivity index (χ1n) is 8.15. The van der Waals surface area contributed by atoms with Gasteiger partial charge in [0, 0.05) is 30.6 Å². The zero-order valence-corrected chi connectivity index (χ0v) is 12.3. The van der Waals surface area contributed by atoms with Crippen LogP contribution in [0.25, 0.3) is 11.3 Å². The van der Waals surface area contributed by atoms with Crippen molar-refractivity contribution in [1.29, 1.82) is 0 Å². The van der Waals surface area contributed by atoms with Gasteiger partial charge in [-0.25, -0.2) is 4.68 Å². The number of pyridine rings is 1. The number of hydrogen-bond donors (Lipinski definition) is 1. The van der Waals surface area contributed by atoms with E-state index in [1.54, 1.807) is 0 Å². The molecule has 3 heterocycles. The van der Waals surface area contributed by atoms with Gasteiger partial charge in [-0.1, -0.05) is 19.3 Å². The molecular formula is C17H22N4. The fraction of sp³-hybridized carbons (Fsp3) is 0.529. The third kappa shape index (κ3) is 2.43. The van der Waals surface area contributed by atoms with Gasteiger partial charge in [0.25, 0.3) is 0 Å². The van der Waals surface area contributed by atoms with E-state index in [1.807, 2.05) is 18.5 Å². The molecule has 1 unspecified atom stereocenters. The molecule has 1 aliphatic carbocycles. The monoisotopic (exact) mass is 282 g/mol. The van der Waals surface area contributed by atoms with Crippen molar-refractivity contribution in [2.75, 3.05) is 11.9 Å². The molecular weight excluding hydrogens is 260 g/mol. The van der Waals surface area contributed by atoms with Crippen LogP contribution < -0.4 is 5.32 Å². The quantitative estimate of drug-likeness (QED) is 0.909. The van der Waals surface area contributed by atoms with Crippen molar-refractivity contribution >= 4 is 5.82 Å². The molecule has 0 aromatic carbocycles. The van der Waals surface area contributed by atoms with Gasteiger partial charge >= 0.3 is 0 Å². The molecule has 4 heteroatoms. The lowest BCUT2D eigenvalue weighted by Crippen LogP contribution is -2.30. The van der Waals surface area contributed by atoms with Crippen LogP contribution in [0.15, 0.2) is 30.6 Å². The Labute approximate surface area is 125 Å². The van der Waals surface area contributed by atoms with Crippen molar-refractivity contribution in [1.82, 2.24) is 14.8 Å². The molecule has 1 atom stereocenters. The minimum Gasteiger partial charge on any atom is -0.370 e. The van der Waals surface area contributed by atoms with Crippen molar-refractivity contribution in [3.8, 4) is 11.3 Å². The minimum atomic E-state index is 0.576. The Morgan fingerprint density at radius 1 is 1.14 bits per heavy atom. The van der Waals surface area contributed by atoms with Crippen LogP contribution in [-0.2, 0) is 0 Å². The first-order valence-corrected chi connectivity index (χ1v) is 8.15. The van der Waals surface area contributed by atoms with Gasteiger partial charge in [0.15, 0.2) is 0 Å². The molecule has 21 heavy (non-hydrogen) atoms. The summed E-state index contributed by atoms with van der Waals surface area (Å²) >= 11 is 0. The Bertz CT molecular complexity index is 599. The normalized spacial score (nSPS) is 22.6. The summed E-state index contributed by atoms with van der Waals surface area (Å²) in [4.78, 5) is 4.21. The Kier molecular flexibility index (Phi) is 3.37. The highest BCUT2D eigenvalue weighted by Crippen LogP contribution is 2.39. The van der Waals surface area contributed by atoms with Crippen molar-refractivity contribution in [3.05, 3.63) is 30.6 Å². The Balaban J connectivity index is 1.66. The van der Waals surface area contributed by atoms with Gasteiger partial charge in [-0.3, -0.25) is 4.98 Å². The molecule has 1 fully saturated rings. The summed E-state index contributed by atoms with van der Waals surface area (Å²) in [6, 6.07) is 6.80. The van der Waals surface area contributed by atoms with Crippen LogP contribution in [0.1, 0.15) is 44.6 Å². The fourth-order valence-electron chi connectivity index (χ4n) is 3.86. The SMILES string of the molecule is c1cncc(-c2cc3n(n2)C(C2CCCCC2)CCN3)c1. The van der Waals surface area contributed by atoms with Crippen molar-refractivity contribution in [2.24, 2.45) is 5.92 Å². The second-order valence-electron chi connectivity index (χ2n) is 6.28. The highest BCUT2D eigenvalue weighted by Gasteiger charge is 2.30. The average Bonchev–Trinajstić information content (AvgIpc) is 3.00. The molecule has 2 aromatic heterocycles. The zero-order chi connectivity index (χ0) is 14.1. The summed E-state index contributed by atoms with van der Waals surface area (Å²) in [5.74, 6) is 1.98. The number of anilines is 1. The van der Waals surface area contributed by atoms with E-state index in [9.17, 15) is 0 Å². The van der Waals surface area contributed by atoms with Gasteiger partial charge < -0.3 is 5.32 Å². The Hall–Kier alpha value is -1.84. The van der Waals surface area contributed by atoms with E-state index in [0.29, 0.717) is 6.04 Å². The third-order valence-electron chi connectivity index (χ3n) is 4.95. The van der Waals surface area contributed by atoms with Crippen molar-refractivity contribution in [3.63, 3.8) is 0 Å². The maximum atomic E-state index is 4.89. The lowest BCUT2D eigenvalue weighted by molar-refractivity contribution is 0.223. The fourth-order valence-corrected chi connectivity index (χ4v) is 3.86. The number of nitrogens with one attached hydrogen (secondary N) is 1. The largest absolute Gasteiger partial charge is 0.370 e. The molecule has 0 spiro atoms. The van der Waals surface area contributed by atoms with Gasteiger partial charge in [-0.2, -0.15) is 5.10 Å². The lowest BCUT2D eigenvalue weighted by atomic mass is 9.82. The van der Waals surface area contributed by atoms with Crippen LogP contribution in [0.5, 0.6) is 0 Å². The van der Waals surface area contributed by atoms with Crippen LogP contribution in [0.3, 0.4) is 0 Å². The number of fused-ring (bicyclic) bond motifs is 1. The highest BCUT2D eigenvalue weighted by atomic mass is 15.4. The smallest absolute Gasteiger partial charge is 0.125 e. The minimum absolute atomic E-state index is 0.576. The summed E-state index contributed by atoms with van der Waals surface area (Å²) in [5, 5.41) is 8.39. The lowest BCUT2D eigenvalue weighted by Gasteiger charge is -2.34. The summed E-state index contributed by atoms with van der Waals surface area (Å²) in [5.41, 5.74) is 2.14. The molecule has 1 saturated carbocycles. The van der Waals surface area contributed by atoms with E-state index < -0.39 is 0 Å². The standard InChI is InChI=1S/C17H22N4/c1-2-5-13(6-3-1)16-8-10-19-17-11-15(20-21(16)17)14-7-4-9-18-12-14/h4,7,9,11-13,16,19H,1-3,5-6,8,10H2. The predicted molar refractivity (Wildman–Crippen MR) is 84.2 cm³/mol. The van der Waals surface area contributed by atoms with Gasteiger partial charge in [0.1, 0.15) is 5.82 Å². The van der Waals surface area contributed by atoms with Gasteiger partial charge in [0.2, 0.25) is 0 Å². The maximum Gasteiger partial charge on any atom is 0.125 e. The zero-order valence-electron chi connectivity index (χ0n) is 12.3. The number of rotatable bonds is 2. The van der Waals surface area contributed by atoms with E-state index in [2.05, 4.69) is 27.1 Å². The molecule has 0 radical (unpaired) electrons. The average molecular weight is 282 g/mol. The van der Waals surface area contributed by atoms with Crippen molar-refractivity contribution in [2.45, 2.75) is 44.6 Å². The second-order valence-corrected chi connectivity index (χ2v) is 6.28. The number of nitrogens with zero attached hydrogens (tertiary/aromatic N) is 3. The first kappa shape index (κ1) is 12.9. The summed E-state index contributed by atoms with van der Waals surface area (Å²) in [7, 11) is 0. The summed E-state index contributed by atoms with van der Waals surface area (Å²) in [6.45, 7) is 1.07. The molecule has 4 nitrogen and oxygen atoms in total. The molecule has 0 bridgehead atoms. The maximum absolute atomic E-state index is 4.89. The molecule has 0 saturated heterocycles. The van der Waals surface area contributed by atoms with E-state index in [4.69, 9.17) is 5.10 Å². The highest BCUT2D eigenvalue weighted by molar-refractivity contribution is 5.62.